The molecule has 0 heterocycles. The fourth-order valence-electron chi connectivity index (χ4n) is 1.23. The van der Waals surface area contributed by atoms with E-state index in [0.29, 0.717) is 0 Å². The van der Waals surface area contributed by atoms with Gasteiger partial charge in [0.25, 0.3) is 0 Å². The Hall–Kier alpha value is -1.42. The van der Waals surface area contributed by atoms with Crippen LogP contribution in [0.4, 0.5) is 4.39 Å². The molecule has 0 aromatic heterocycles. The van der Waals surface area contributed by atoms with Crippen molar-refractivity contribution in [3.05, 3.63) is 35.1 Å². The van der Waals surface area contributed by atoms with E-state index in [1.165, 1.54) is 18.2 Å². The van der Waals surface area contributed by atoms with E-state index in [-0.39, 0.29) is 23.3 Å². The van der Waals surface area contributed by atoms with Crippen LogP contribution < -0.4 is 0 Å². The van der Waals surface area contributed by atoms with Gasteiger partial charge in [-0.1, -0.05) is 19.1 Å². The maximum atomic E-state index is 13.7. The Morgan fingerprint density at radius 3 is 2.65 bits per heavy atom. The summed E-state index contributed by atoms with van der Waals surface area (Å²) < 4.78 is 19.3. The van der Waals surface area contributed by atoms with Crippen molar-refractivity contribution in [1.82, 2.24) is 0 Å². The van der Waals surface area contributed by atoms with Crippen LogP contribution in [0, 0.1) is 5.82 Å². The van der Waals surface area contributed by atoms with Gasteiger partial charge in [-0.25, -0.2) is 9.18 Å². The lowest BCUT2D eigenvalue weighted by atomic mass is 10.1. The fourth-order valence-corrected chi connectivity index (χ4v) is 1.23. The van der Waals surface area contributed by atoms with Gasteiger partial charge >= 0.3 is 5.97 Å². The second-order valence-corrected chi connectivity index (χ2v) is 4.49. The van der Waals surface area contributed by atoms with Gasteiger partial charge in [0.2, 0.25) is 0 Å². The van der Waals surface area contributed by atoms with Crippen molar-refractivity contribution in [3.63, 3.8) is 0 Å². The zero-order valence-electron chi connectivity index (χ0n) is 10.3. The summed E-state index contributed by atoms with van der Waals surface area (Å²) in [5, 5.41) is 8.78. The van der Waals surface area contributed by atoms with Crippen molar-refractivity contribution < 1.29 is 19.0 Å². The van der Waals surface area contributed by atoms with Gasteiger partial charge in [-0.15, -0.1) is 0 Å². The highest BCUT2D eigenvalue weighted by molar-refractivity contribution is 5.88. The van der Waals surface area contributed by atoms with Crippen LogP contribution in [-0.4, -0.2) is 16.7 Å². The number of benzene rings is 1. The summed E-state index contributed by atoms with van der Waals surface area (Å²) in [6, 6.07) is 4.30. The van der Waals surface area contributed by atoms with Gasteiger partial charge in [0, 0.05) is 5.56 Å². The van der Waals surface area contributed by atoms with Crippen molar-refractivity contribution in [3.8, 4) is 0 Å². The minimum absolute atomic E-state index is 0.0772. The van der Waals surface area contributed by atoms with Crippen LogP contribution >= 0.6 is 0 Å². The SMILES string of the molecule is CCC(C)(C)OCc1cccc(C(=O)O)c1F. The van der Waals surface area contributed by atoms with Gasteiger partial charge in [0.15, 0.2) is 0 Å². The predicted octanol–water partition coefficient (Wildman–Crippen LogP) is 3.23. The lowest BCUT2D eigenvalue weighted by Crippen LogP contribution is -2.23. The Bertz CT molecular complexity index is 413. The first-order valence-electron chi connectivity index (χ1n) is 5.52. The van der Waals surface area contributed by atoms with Crippen molar-refractivity contribution in [1.29, 1.82) is 0 Å². The van der Waals surface area contributed by atoms with E-state index in [0.717, 1.165) is 6.42 Å². The number of hydrogen-bond donors (Lipinski definition) is 1. The van der Waals surface area contributed by atoms with Crippen LogP contribution in [0.15, 0.2) is 18.2 Å². The monoisotopic (exact) mass is 240 g/mol. The molecule has 1 N–H and O–H groups in total. The van der Waals surface area contributed by atoms with Crippen molar-refractivity contribution in [2.45, 2.75) is 39.4 Å². The molecule has 4 heteroatoms. The van der Waals surface area contributed by atoms with E-state index in [1.54, 1.807) is 0 Å². The maximum absolute atomic E-state index is 13.7. The number of carboxylic acid groups (broad SMARTS) is 1. The highest BCUT2D eigenvalue weighted by atomic mass is 19.1. The van der Waals surface area contributed by atoms with Gasteiger partial charge in [-0.05, 0) is 26.3 Å². The molecule has 0 unspecified atom stereocenters. The third-order valence-corrected chi connectivity index (χ3v) is 2.78. The molecule has 3 nitrogen and oxygen atoms in total. The number of aromatic carboxylic acids is 1. The van der Waals surface area contributed by atoms with Gasteiger partial charge in [-0.3, -0.25) is 0 Å². The largest absolute Gasteiger partial charge is 0.478 e. The lowest BCUT2D eigenvalue weighted by Gasteiger charge is -2.23. The normalized spacial score (nSPS) is 11.5. The number of ether oxygens (including phenoxy) is 1. The van der Waals surface area contributed by atoms with Gasteiger partial charge in [0.1, 0.15) is 5.82 Å². The first kappa shape index (κ1) is 13.6. The number of hydrogen-bond acceptors (Lipinski definition) is 2. The van der Waals surface area contributed by atoms with E-state index in [2.05, 4.69) is 0 Å². The number of rotatable bonds is 5. The van der Waals surface area contributed by atoms with Crippen LogP contribution in [0.3, 0.4) is 0 Å². The molecule has 0 spiro atoms. The summed E-state index contributed by atoms with van der Waals surface area (Å²) in [7, 11) is 0. The molecule has 0 amide bonds. The molecule has 17 heavy (non-hydrogen) atoms. The Balaban J connectivity index is 2.86. The van der Waals surface area contributed by atoms with E-state index in [4.69, 9.17) is 9.84 Å². The molecule has 1 aromatic carbocycles. The average Bonchev–Trinajstić information content (AvgIpc) is 2.27. The molecule has 1 aromatic rings. The van der Waals surface area contributed by atoms with Crippen molar-refractivity contribution in [2.24, 2.45) is 0 Å². The van der Waals surface area contributed by atoms with Crippen LogP contribution in [0.5, 0.6) is 0 Å². The van der Waals surface area contributed by atoms with Crippen molar-refractivity contribution >= 4 is 5.97 Å². The molecule has 0 radical (unpaired) electrons. The Morgan fingerprint density at radius 2 is 2.12 bits per heavy atom. The van der Waals surface area contributed by atoms with E-state index in [9.17, 15) is 9.18 Å². The van der Waals surface area contributed by atoms with Crippen LogP contribution in [0.25, 0.3) is 0 Å². The highest BCUT2D eigenvalue weighted by Gasteiger charge is 2.18. The first-order valence-corrected chi connectivity index (χ1v) is 5.52. The minimum atomic E-state index is -1.26. The zero-order valence-corrected chi connectivity index (χ0v) is 10.3. The second kappa shape index (κ2) is 5.27. The fraction of sp³-hybridized carbons (Fsp3) is 0.462. The molecule has 0 fully saturated rings. The maximum Gasteiger partial charge on any atom is 0.338 e. The molecule has 0 saturated carbocycles. The standard InChI is InChI=1S/C13H17FO3/c1-4-13(2,3)17-8-9-6-5-7-10(11(9)14)12(15)16/h5-7H,4,8H2,1-3H3,(H,15,16). The van der Waals surface area contributed by atoms with Crippen LogP contribution in [0.2, 0.25) is 0 Å². The van der Waals surface area contributed by atoms with Crippen LogP contribution in [-0.2, 0) is 11.3 Å². The van der Waals surface area contributed by atoms with Crippen LogP contribution in [0.1, 0.15) is 43.1 Å². The van der Waals surface area contributed by atoms with Gasteiger partial charge in [-0.2, -0.15) is 0 Å². The summed E-state index contributed by atoms with van der Waals surface area (Å²) in [6.45, 7) is 5.87. The van der Waals surface area contributed by atoms with E-state index in [1.807, 2.05) is 20.8 Å². The molecule has 0 aliphatic carbocycles. The van der Waals surface area contributed by atoms with Crippen molar-refractivity contribution in [2.75, 3.05) is 0 Å². The zero-order chi connectivity index (χ0) is 13.1. The molecule has 94 valence electrons. The molecule has 0 bridgehead atoms. The molecule has 0 aliphatic heterocycles. The second-order valence-electron chi connectivity index (χ2n) is 4.49. The molecule has 0 saturated heterocycles. The topological polar surface area (TPSA) is 46.5 Å². The number of halogens is 1. The summed E-state index contributed by atoms with van der Waals surface area (Å²) in [5.74, 6) is -1.98. The quantitative estimate of drug-likeness (QED) is 0.859. The van der Waals surface area contributed by atoms with Gasteiger partial charge in [0.05, 0.1) is 17.8 Å². The Morgan fingerprint density at radius 1 is 1.47 bits per heavy atom. The minimum Gasteiger partial charge on any atom is -0.478 e. The third-order valence-electron chi connectivity index (χ3n) is 2.78. The van der Waals surface area contributed by atoms with E-state index >= 15 is 0 Å². The Labute approximate surface area is 100 Å². The first-order chi connectivity index (χ1) is 7.87. The summed E-state index contributed by atoms with van der Waals surface area (Å²) >= 11 is 0. The molecular formula is C13H17FO3. The number of carbonyl (C=O) groups is 1. The summed E-state index contributed by atoms with van der Waals surface area (Å²) in [4.78, 5) is 10.8. The molecular weight excluding hydrogens is 223 g/mol. The lowest BCUT2D eigenvalue weighted by molar-refractivity contribution is -0.0326. The Kier molecular flexibility index (Phi) is 4.23. The number of carboxylic acids is 1. The molecule has 0 atom stereocenters. The molecule has 1 rings (SSSR count). The van der Waals surface area contributed by atoms with E-state index < -0.39 is 11.8 Å². The summed E-state index contributed by atoms with van der Waals surface area (Å²) in [5.41, 5.74) is -0.391. The van der Waals surface area contributed by atoms with Gasteiger partial charge < -0.3 is 9.84 Å². The highest BCUT2D eigenvalue weighted by Crippen LogP contribution is 2.19. The smallest absolute Gasteiger partial charge is 0.338 e. The third kappa shape index (κ3) is 3.53. The predicted molar refractivity (Wildman–Crippen MR) is 62.5 cm³/mol. The average molecular weight is 240 g/mol. The molecule has 0 aliphatic rings. The summed E-state index contributed by atoms with van der Waals surface area (Å²) in [6.07, 6.45) is 0.799.